The lowest BCUT2D eigenvalue weighted by atomic mass is 10.2. The number of nitrogens with one attached hydrogen (secondary N) is 2. The number of anilines is 1. The zero-order valence-corrected chi connectivity index (χ0v) is 9.41. The van der Waals surface area contributed by atoms with E-state index >= 15 is 0 Å². The van der Waals surface area contributed by atoms with E-state index in [9.17, 15) is 4.79 Å². The molecule has 1 fully saturated rings. The van der Waals surface area contributed by atoms with Gasteiger partial charge in [-0.05, 0) is 25.0 Å². The zero-order valence-electron chi connectivity index (χ0n) is 9.41. The first-order chi connectivity index (χ1) is 7.84. The summed E-state index contributed by atoms with van der Waals surface area (Å²) >= 11 is 0. The average Bonchev–Trinajstić information content (AvgIpc) is 2.81. The molecule has 2 rings (SSSR count). The molecule has 1 aliphatic carbocycles. The summed E-state index contributed by atoms with van der Waals surface area (Å²) in [6.45, 7) is 0.362. The van der Waals surface area contributed by atoms with Gasteiger partial charge in [-0.15, -0.1) is 0 Å². The molecule has 0 aromatic heterocycles. The van der Waals surface area contributed by atoms with Gasteiger partial charge in [0.05, 0.1) is 6.54 Å². The Kier molecular flexibility index (Phi) is 3.81. The van der Waals surface area contributed by atoms with Crippen LogP contribution in [0.15, 0.2) is 30.3 Å². The average molecular weight is 218 g/mol. The van der Waals surface area contributed by atoms with Crippen LogP contribution in [0.5, 0.6) is 0 Å². The van der Waals surface area contributed by atoms with Crippen LogP contribution in [0, 0.1) is 0 Å². The first-order valence-electron chi connectivity index (χ1n) is 5.93. The van der Waals surface area contributed by atoms with Gasteiger partial charge in [-0.3, -0.25) is 4.79 Å². The normalized spacial score (nSPS) is 16.0. The molecule has 1 amide bonds. The first kappa shape index (κ1) is 11.0. The monoisotopic (exact) mass is 218 g/mol. The van der Waals surface area contributed by atoms with Crippen LogP contribution in [0.2, 0.25) is 0 Å². The summed E-state index contributed by atoms with van der Waals surface area (Å²) in [5, 5.41) is 6.15. The number of carbonyl (C=O) groups excluding carboxylic acids is 1. The molecular formula is C13H18N2O. The third-order valence-electron chi connectivity index (χ3n) is 2.95. The van der Waals surface area contributed by atoms with Crippen molar-refractivity contribution in [3.63, 3.8) is 0 Å². The van der Waals surface area contributed by atoms with E-state index in [1.54, 1.807) is 0 Å². The molecule has 1 saturated carbocycles. The Morgan fingerprint density at radius 2 is 1.88 bits per heavy atom. The molecule has 0 atom stereocenters. The van der Waals surface area contributed by atoms with Gasteiger partial charge in [-0.2, -0.15) is 0 Å². The van der Waals surface area contributed by atoms with E-state index in [4.69, 9.17) is 0 Å². The number of hydrogen-bond donors (Lipinski definition) is 2. The Morgan fingerprint density at radius 1 is 1.19 bits per heavy atom. The minimum atomic E-state index is 0.0933. The molecule has 1 aromatic carbocycles. The molecule has 3 heteroatoms. The maximum Gasteiger partial charge on any atom is 0.239 e. The number of benzene rings is 1. The Balaban J connectivity index is 1.71. The molecule has 2 N–H and O–H groups in total. The fourth-order valence-electron chi connectivity index (χ4n) is 2.09. The van der Waals surface area contributed by atoms with Crippen LogP contribution < -0.4 is 10.6 Å². The van der Waals surface area contributed by atoms with Gasteiger partial charge in [0.15, 0.2) is 0 Å². The van der Waals surface area contributed by atoms with Crippen LogP contribution in [-0.4, -0.2) is 18.5 Å². The predicted octanol–water partition coefficient (Wildman–Crippen LogP) is 2.16. The highest BCUT2D eigenvalue weighted by Crippen LogP contribution is 2.17. The lowest BCUT2D eigenvalue weighted by Gasteiger charge is -2.12. The van der Waals surface area contributed by atoms with Crippen molar-refractivity contribution in [3.05, 3.63) is 30.3 Å². The molecule has 1 aliphatic rings. The molecule has 0 bridgehead atoms. The Labute approximate surface area is 96.2 Å². The zero-order chi connectivity index (χ0) is 11.2. The molecule has 0 heterocycles. The van der Waals surface area contributed by atoms with Crippen molar-refractivity contribution in [2.75, 3.05) is 11.9 Å². The van der Waals surface area contributed by atoms with Crippen LogP contribution in [-0.2, 0) is 4.79 Å². The second kappa shape index (κ2) is 5.54. The van der Waals surface area contributed by atoms with E-state index in [0.717, 1.165) is 18.5 Å². The second-order valence-corrected chi connectivity index (χ2v) is 4.27. The number of para-hydroxylation sites is 1. The largest absolute Gasteiger partial charge is 0.376 e. The maximum atomic E-state index is 11.6. The van der Waals surface area contributed by atoms with E-state index in [1.807, 2.05) is 30.3 Å². The molecule has 0 radical (unpaired) electrons. The summed E-state index contributed by atoms with van der Waals surface area (Å²) in [6.07, 6.45) is 4.77. The van der Waals surface area contributed by atoms with Gasteiger partial charge >= 0.3 is 0 Å². The van der Waals surface area contributed by atoms with Crippen molar-refractivity contribution in [2.45, 2.75) is 31.7 Å². The highest BCUT2D eigenvalue weighted by atomic mass is 16.1. The number of rotatable bonds is 4. The van der Waals surface area contributed by atoms with Crippen LogP contribution in [0.1, 0.15) is 25.7 Å². The molecule has 86 valence electrons. The van der Waals surface area contributed by atoms with E-state index in [1.165, 1.54) is 12.8 Å². The molecule has 0 unspecified atom stereocenters. The quantitative estimate of drug-likeness (QED) is 0.813. The third-order valence-corrected chi connectivity index (χ3v) is 2.95. The van der Waals surface area contributed by atoms with Gasteiger partial charge in [-0.1, -0.05) is 31.0 Å². The maximum absolute atomic E-state index is 11.6. The van der Waals surface area contributed by atoms with E-state index < -0.39 is 0 Å². The third kappa shape index (κ3) is 3.26. The minimum Gasteiger partial charge on any atom is -0.376 e. The molecule has 0 saturated heterocycles. The van der Waals surface area contributed by atoms with Gasteiger partial charge < -0.3 is 10.6 Å². The van der Waals surface area contributed by atoms with Crippen LogP contribution in [0.4, 0.5) is 5.69 Å². The number of amides is 1. The fraction of sp³-hybridized carbons (Fsp3) is 0.462. The van der Waals surface area contributed by atoms with Gasteiger partial charge in [0.1, 0.15) is 0 Å². The van der Waals surface area contributed by atoms with Gasteiger partial charge in [-0.25, -0.2) is 0 Å². The van der Waals surface area contributed by atoms with Crippen molar-refractivity contribution in [3.8, 4) is 0 Å². The minimum absolute atomic E-state index is 0.0933. The molecule has 0 spiro atoms. The van der Waals surface area contributed by atoms with Crippen LogP contribution in [0.25, 0.3) is 0 Å². The predicted molar refractivity (Wildman–Crippen MR) is 65.3 cm³/mol. The van der Waals surface area contributed by atoms with Gasteiger partial charge in [0.25, 0.3) is 0 Å². The van der Waals surface area contributed by atoms with Gasteiger partial charge in [0, 0.05) is 11.7 Å². The highest BCUT2D eigenvalue weighted by molar-refractivity contribution is 5.80. The van der Waals surface area contributed by atoms with Gasteiger partial charge in [0.2, 0.25) is 5.91 Å². The fourth-order valence-corrected chi connectivity index (χ4v) is 2.09. The van der Waals surface area contributed by atoms with Crippen molar-refractivity contribution < 1.29 is 4.79 Å². The summed E-state index contributed by atoms with van der Waals surface area (Å²) < 4.78 is 0. The Morgan fingerprint density at radius 3 is 2.56 bits per heavy atom. The molecule has 0 aliphatic heterocycles. The standard InChI is InChI=1S/C13H18N2O/c16-13(15-12-8-4-5-9-12)10-14-11-6-2-1-3-7-11/h1-3,6-7,12,14H,4-5,8-10H2,(H,15,16). The van der Waals surface area contributed by atoms with E-state index in [-0.39, 0.29) is 5.91 Å². The van der Waals surface area contributed by atoms with Crippen molar-refractivity contribution in [1.82, 2.24) is 5.32 Å². The second-order valence-electron chi connectivity index (χ2n) is 4.27. The number of carbonyl (C=O) groups is 1. The lowest BCUT2D eigenvalue weighted by Crippen LogP contribution is -2.36. The van der Waals surface area contributed by atoms with Crippen molar-refractivity contribution in [2.24, 2.45) is 0 Å². The Hall–Kier alpha value is -1.51. The summed E-state index contributed by atoms with van der Waals surface area (Å²) in [4.78, 5) is 11.6. The summed E-state index contributed by atoms with van der Waals surface area (Å²) in [5.41, 5.74) is 0.990. The molecular weight excluding hydrogens is 200 g/mol. The topological polar surface area (TPSA) is 41.1 Å². The highest BCUT2D eigenvalue weighted by Gasteiger charge is 2.16. The van der Waals surface area contributed by atoms with E-state index in [0.29, 0.717) is 12.6 Å². The Bertz CT molecular complexity index is 331. The first-order valence-corrected chi connectivity index (χ1v) is 5.93. The summed E-state index contributed by atoms with van der Waals surface area (Å²) in [7, 11) is 0. The van der Waals surface area contributed by atoms with Crippen molar-refractivity contribution in [1.29, 1.82) is 0 Å². The van der Waals surface area contributed by atoms with Crippen LogP contribution in [0.3, 0.4) is 0 Å². The number of hydrogen-bond acceptors (Lipinski definition) is 2. The lowest BCUT2D eigenvalue weighted by molar-refractivity contribution is -0.120. The van der Waals surface area contributed by atoms with Crippen LogP contribution >= 0.6 is 0 Å². The van der Waals surface area contributed by atoms with Crippen molar-refractivity contribution >= 4 is 11.6 Å². The smallest absolute Gasteiger partial charge is 0.239 e. The van der Waals surface area contributed by atoms with E-state index in [2.05, 4.69) is 10.6 Å². The summed E-state index contributed by atoms with van der Waals surface area (Å²) in [5.74, 6) is 0.0933. The molecule has 1 aromatic rings. The molecule has 3 nitrogen and oxygen atoms in total. The SMILES string of the molecule is O=C(CNc1ccccc1)NC1CCCC1. The molecule has 16 heavy (non-hydrogen) atoms. The summed E-state index contributed by atoms with van der Waals surface area (Å²) in [6, 6.07) is 10.2.